The summed E-state index contributed by atoms with van der Waals surface area (Å²) in [5.41, 5.74) is 1.24. The Hall–Kier alpha value is -1.18. The van der Waals surface area contributed by atoms with Crippen LogP contribution in [-0.2, 0) is 28.9 Å². The fourth-order valence-electron chi connectivity index (χ4n) is 3.91. The maximum Gasteiger partial charge on any atom is 0.263 e. The molecule has 0 amide bonds. The summed E-state index contributed by atoms with van der Waals surface area (Å²) in [6.45, 7) is 0.942. The molecule has 4 rings (SSSR count). The lowest BCUT2D eigenvalue weighted by Crippen LogP contribution is -2.27. The standard InChI is InChI=1S/C19H24N2O3S2/c1-24-11-10-21-18(23)16-12-6-5-9-14(12)25-17(16)20-19(21)26-15-8-4-2-3-7-13(15)22/h15H,2-11H2,1H3/t15-/m1/s1. The van der Waals surface area contributed by atoms with E-state index in [-0.39, 0.29) is 10.8 Å². The Morgan fingerprint density at radius 3 is 2.92 bits per heavy atom. The molecule has 2 aromatic rings. The minimum absolute atomic E-state index is 0.0371. The number of rotatable bonds is 5. The van der Waals surface area contributed by atoms with E-state index in [1.54, 1.807) is 23.0 Å². The Labute approximate surface area is 161 Å². The van der Waals surface area contributed by atoms with E-state index in [4.69, 9.17) is 9.72 Å². The van der Waals surface area contributed by atoms with Crippen LogP contribution >= 0.6 is 23.1 Å². The molecule has 0 bridgehead atoms. The van der Waals surface area contributed by atoms with Gasteiger partial charge < -0.3 is 4.74 Å². The molecule has 0 saturated heterocycles. The van der Waals surface area contributed by atoms with Crippen molar-refractivity contribution in [1.29, 1.82) is 0 Å². The van der Waals surface area contributed by atoms with Crippen LogP contribution in [0.2, 0.25) is 0 Å². The molecule has 2 aromatic heterocycles. The van der Waals surface area contributed by atoms with Crippen molar-refractivity contribution in [3.63, 3.8) is 0 Å². The molecule has 0 radical (unpaired) electrons. The monoisotopic (exact) mass is 392 g/mol. The molecule has 1 fully saturated rings. The molecule has 26 heavy (non-hydrogen) atoms. The van der Waals surface area contributed by atoms with Crippen molar-refractivity contribution in [2.75, 3.05) is 13.7 Å². The molecule has 0 aliphatic heterocycles. The number of carbonyl (C=O) groups excluding carboxylic acids is 1. The lowest BCUT2D eigenvalue weighted by Gasteiger charge is -2.16. The zero-order valence-corrected chi connectivity index (χ0v) is 16.7. The summed E-state index contributed by atoms with van der Waals surface area (Å²) < 4.78 is 6.95. The number of thioether (sulfide) groups is 1. The molecule has 1 atom stereocenters. The molecule has 2 aliphatic rings. The third-order valence-corrected chi connectivity index (χ3v) is 7.80. The molecule has 140 valence electrons. The maximum atomic E-state index is 13.2. The van der Waals surface area contributed by atoms with Gasteiger partial charge in [0.2, 0.25) is 0 Å². The number of methoxy groups -OCH3 is 1. The summed E-state index contributed by atoms with van der Waals surface area (Å²) in [6.07, 6.45) is 7.85. The fraction of sp³-hybridized carbons (Fsp3) is 0.632. The van der Waals surface area contributed by atoms with Gasteiger partial charge in [-0.15, -0.1) is 11.3 Å². The molecule has 2 heterocycles. The van der Waals surface area contributed by atoms with Crippen molar-refractivity contribution in [2.45, 2.75) is 68.3 Å². The molecule has 0 N–H and O–H groups in total. The van der Waals surface area contributed by atoms with Gasteiger partial charge in [0.1, 0.15) is 10.6 Å². The number of aryl methyl sites for hydroxylation is 2. The quantitative estimate of drug-likeness (QED) is 0.575. The van der Waals surface area contributed by atoms with Crippen molar-refractivity contribution < 1.29 is 9.53 Å². The first kappa shape index (κ1) is 18.2. The number of Topliss-reactive ketones (excluding diaryl/α,β-unsaturated/α-hetero) is 1. The number of ketones is 1. The second-order valence-corrected chi connectivity index (χ2v) is 9.31. The van der Waals surface area contributed by atoms with Gasteiger partial charge in [0, 0.05) is 18.4 Å². The predicted octanol–water partition coefficient (Wildman–Crippen LogP) is 3.59. The number of thiophene rings is 1. The zero-order valence-electron chi connectivity index (χ0n) is 15.1. The van der Waals surface area contributed by atoms with Crippen LogP contribution in [0.1, 0.15) is 49.0 Å². The largest absolute Gasteiger partial charge is 0.383 e. The van der Waals surface area contributed by atoms with Gasteiger partial charge >= 0.3 is 0 Å². The SMILES string of the molecule is COCCn1c(S[C@@H]2CCCCCC2=O)nc2sc3c(c2c1=O)CCC3. The highest BCUT2D eigenvalue weighted by Gasteiger charge is 2.27. The average molecular weight is 393 g/mol. The maximum absolute atomic E-state index is 13.2. The predicted molar refractivity (Wildman–Crippen MR) is 106 cm³/mol. The van der Waals surface area contributed by atoms with E-state index in [1.807, 2.05) is 0 Å². The molecule has 5 nitrogen and oxygen atoms in total. The third kappa shape index (κ3) is 3.37. The number of aromatic nitrogens is 2. The van der Waals surface area contributed by atoms with Crippen LogP contribution in [-0.4, -0.2) is 34.3 Å². The van der Waals surface area contributed by atoms with E-state index in [0.717, 1.165) is 55.2 Å². The van der Waals surface area contributed by atoms with Gasteiger partial charge in [-0.3, -0.25) is 14.2 Å². The highest BCUT2D eigenvalue weighted by atomic mass is 32.2. The van der Waals surface area contributed by atoms with Gasteiger partial charge in [-0.05, 0) is 37.7 Å². The van der Waals surface area contributed by atoms with Gasteiger partial charge in [-0.2, -0.15) is 0 Å². The van der Waals surface area contributed by atoms with E-state index >= 15 is 0 Å². The van der Waals surface area contributed by atoms with E-state index in [0.29, 0.717) is 30.5 Å². The Morgan fingerprint density at radius 1 is 1.19 bits per heavy atom. The summed E-state index contributed by atoms with van der Waals surface area (Å²) in [6, 6.07) is 0. The number of carbonyl (C=O) groups is 1. The Balaban J connectivity index is 1.77. The highest BCUT2D eigenvalue weighted by molar-refractivity contribution is 8.00. The van der Waals surface area contributed by atoms with E-state index in [2.05, 4.69) is 0 Å². The number of nitrogens with zero attached hydrogens (tertiary/aromatic N) is 2. The lowest BCUT2D eigenvalue weighted by molar-refractivity contribution is -0.118. The Bertz CT molecular complexity index is 887. The van der Waals surface area contributed by atoms with E-state index < -0.39 is 0 Å². The van der Waals surface area contributed by atoms with Crippen LogP contribution in [0, 0.1) is 0 Å². The van der Waals surface area contributed by atoms with Crippen molar-refractivity contribution in [3.05, 3.63) is 20.8 Å². The zero-order chi connectivity index (χ0) is 18.1. The van der Waals surface area contributed by atoms with Gasteiger partial charge in [-0.1, -0.05) is 24.6 Å². The second-order valence-electron chi connectivity index (χ2n) is 7.05. The minimum atomic E-state index is -0.0811. The highest BCUT2D eigenvalue weighted by Crippen LogP contribution is 2.37. The second kappa shape index (κ2) is 7.82. The molecular weight excluding hydrogens is 368 g/mol. The van der Waals surface area contributed by atoms with Crippen molar-refractivity contribution in [3.8, 4) is 0 Å². The molecule has 1 saturated carbocycles. The lowest BCUT2D eigenvalue weighted by atomic mass is 10.2. The van der Waals surface area contributed by atoms with Gasteiger partial charge in [0.15, 0.2) is 5.16 Å². The summed E-state index contributed by atoms with van der Waals surface area (Å²) in [4.78, 5) is 32.7. The smallest absolute Gasteiger partial charge is 0.263 e. The Kier molecular flexibility index (Phi) is 5.47. The van der Waals surface area contributed by atoms with Crippen molar-refractivity contribution >= 4 is 39.1 Å². The topological polar surface area (TPSA) is 61.2 Å². The average Bonchev–Trinajstić information content (AvgIpc) is 3.14. The summed E-state index contributed by atoms with van der Waals surface area (Å²) in [7, 11) is 1.64. The van der Waals surface area contributed by atoms with Gasteiger partial charge in [-0.25, -0.2) is 4.98 Å². The van der Waals surface area contributed by atoms with Gasteiger partial charge in [0.25, 0.3) is 5.56 Å². The summed E-state index contributed by atoms with van der Waals surface area (Å²) in [5.74, 6) is 0.300. The van der Waals surface area contributed by atoms with E-state index in [9.17, 15) is 9.59 Å². The first-order valence-corrected chi connectivity index (χ1v) is 11.1. The first-order valence-electron chi connectivity index (χ1n) is 9.42. The number of hydrogen-bond acceptors (Lipinski definition) is 6. The minimum Gasteiger partial charge on any atom is -0.383 e. The first-order chi connectivity index (χ1) is 12.7. The molecule has 0 spiro atoms. The van der Waals surface area contributed by atoms with Gasteiger partial charge in [0.05, 0.1) is 23.8 Å². The molecule has 0 aromatic carbocycles. The van der Waals surface area contributed by atoms with Crippen molar-refractivity contribution in [2.24, 2.45) is 0 Å². The molecule has 7 heteroatoms. The number of fused-ring (bicyclic) bond motifs is 3. The molecular formula is C19H24N2O3S2. The van der Waals surface area contributed by atoms with E-state index in [1.165, 1.54) is 22.2 Å². The summed E-state index contributed by atoms with van der Waals surface area (Å²) >= 11 is 3.15. The van der Waals surface area contributed by atoms with Crippen LogP contribution in [0.3, 0.4) is 0 Å². The normalized spacial score (nSPS) is 20.5. The van der Waals surface area contributed by atoms with Crippen molar-refractivity contribution in [1.82, 2.24) is 9.55 Å². The third-order valence-electron chi connectivity index (χ3n) is 5.31. The van der Waals surface area contributed by atoms with Crippen LogP contribution in [0.25, 0.3) is 10.2 Å². The van der Waals surface area contributed by atoms with Crippen LogP contribution in [0.5, 0.6) is 0 Å². The summed E-state index contributed by atoms with van der Waals surface area (Å²) in [5, 5.41) is 1.40. The van der Waals surface area contributed by atoms with Crippen LogP contribution in [0.15, 0.2) is 9.95 Å². The molecule has 2 aliphatic carbocycles. The number of ether oxygens (including phenoxy) is 1. The van der Waals surface area contributed by atoms with Crippen LogP contribution < -0.4 is 5.56 Å². The molecule has 0 unspecified atom stereocenters. The number of hydrogen-bond donors (Lipinski definition) is 0. The fourth-order valence-corrected chi connectivity index (χ4v) is 6.45. The Morgan fingerprint density at radius 2 is 2.08 bits per heavy atom. The van der Waals surface area contributed by atoms with Crippen LogP contribution in [0.4, 0.5) is 0 Å².